The molecule has 3 heterocycles. The van der Waals surface area contributed by atoms with Crippen molar-refractivity contribution in [3.8, 4) is 11.1 Å². The van der Waals surface area contributed by atoms with Crippen LogP contribution >= 0.6 is 22.9 Å². The Balaban J connectivity index is 1.86. The van der Waals surface area contributed by atoms with E-state index in [1.165, 1.54) is 28.3 Å². The maximum Gasteiger partial charge on any atom is 0.435 e. The van der Waals surface area contributed by atoms with Gasteiger partial charge in [-0.2, -0.15) is 18.3 Å². The van der Waals surface area contributed by atoms with Crippen LogP contribution in [0.3, 0.4) is 0 Å². The second-order valence-electron chi connectivity index (χ2n) is 8.00. The number of benzene rings is 1. The number of nitrogens with zero attached hydrogens (tertiary/aromatic N) is 3. The Hall–Kier alpha value is -2.58. The van der Waals surface area contributed by atoms with Gasteiger partial charge in [-0.15, -0.1) is 11.3 Å². The molecule has 0 fully saturated rings. The zero-order valence-corrected chi connectivity index (χ0v) is 19.6. The highest BCUT2D eigenvalue weighted by Crippen LogP contribution is 2.45. The number of hydrogen-bond acceptors (Lipinski definition) is 3. The quantitative estimate of drug-likeness (QED) is 0.356. The van der Waals surface area contributed by atoms with E-state index in [1.807, 2.05) is 19.1 Å². The van der Waals surface area contributed by atoms with Crippen molar-refractivity contribution < 1.29 is 18.0 Å². The molecule has 1 atom stereocenters. The smallest absolute Gasteiger partial charge is 0.333 e. The average Bonchev–Trinajstić information content (AvgIpc) is 3.39. The molecule has 4 nitrogen and oxygen atoms in total. The first-order valence-electron chi connectivity index (χ1n) is 10.7. The van der Waals surface area contributed by atoms with Crippen molar-refractivity contribution in [3.63, 3.8) is 0 Å². The minimum atomic E-state index is -4.59. The SMILES string of the molecule is C=CC(=O)N1Cc2sc(Cl)cc2C(c2ccccc2-c2cn(CCCC)nc2C(F)(F)F)C1. The number of amides is 1. The van der Waals surface area contributed by atoms with Crippen molar-refractivity contribution in [3.05, 3.63) is 75.2 Å². The summed E-state index contributed by atoms with van der Waals surface area (Å²) in [4.78, 5) is 15.0. The van der Waals surface area contributed by atoms with Gasteiger partial charge in [-0.3, -0.25) is 9.48 Å². The summed E-state index contributed by atoms with van der Waals surface area (Å²) in [6, 6.07) is 8.89. The van der Waals surface area contributed by atoms with Gasteiger partial charge in [0.2, 0.25) is 5.91 Å². The van der Waals surface area contributed by atoms with Gasteiger partial charge in [-0.05, 0) is 35.3 Å². The first-order chi connectivity index (χ1) is 15.7. The Labute approximate surface area is 199 Å². The predicted molar refractivity (Wildman–Crippen MR) is 124 cm³/mol. The molecule has 1 unspecified atom stereocenters. The van der Waals surface area contributed by atoms with Gasteiger partial charge in [-0.1, -0.05) is 55.8 Å². The van der Waals surface area contributed by atoms with Crippen molar-refractivity contribution in [1.29, 1.82) is 0 Å². The lowest BCUT2D eigenvalue weighted by Gasteiger charge is -2.33. The molecule has 9 heteroatoms. The molecule has 2 aromatic heterocycles. The molecule has 0 spiro atoms. The summed E-state index contributed by atoms with van der Waals surface area (Å²) < 4.78 is 43.8. The average molecular weight is 494 g/mol. The normalized spacial score (nSPS) is 16.0. The number of fused-ring (bicyclic) bond motifs is 1. The van der Waals surface area contributed by atoms with Crippen molar-refractivity contribution in [2.45, 2.75) is 44.9 Å². The lowest BCUT2D eigenvalue weighted by atomic mass is 9.84. The zero-order chi connectivity index (χ0) is 23.8. The second kappa shape index (κ2) is 9.35. The van der Waals surface area contributed by atoms with Gasteiger partial charge >= 0.3 is 6.18 Å². The molecule has 3 aromatic rings. The summed E-state index contributed by atoms with van der Waals surface area (Å²) >= 11 is 7.67. The Morgan fingerprint density at radius 1 is 1.30 bits per heavy atom. The molecule has 0 radical (unpaired) electrons. The van der Waals surface area contributed by atoms with Crippen molar-refractivity contribution in [2.75, 3.05) is 6.54 Å². The lowest BCUT2D eigenvalue weighted by molar-refractivity contribution is -0.141. The van der Waals surface area contributed by atoms with Crippen LogP contribution in [0.4, 0.5) is 13.2 Å². The Bertz CT molecular complexity index is 1180. The standard InChI is InChI=1S/C24H23ClF3N3OS/c1-3-5-10-31-13-19(23(29-31)24(26,27)28)16-9-7-6-8-15(16)18-12-30(22(32)4-2)14-20-17(18)11-21(25)33-20/h4,6-9,11,13,18H,2-3,5,10,12,14H2,1H3. The summed E-state index contributed by atoms with van der Waals surface area (Å²) in [5.41, 5.74) is 1.25. The van der Waals surface area contributed by atoms with E-state index in [1.54, 1.807) is 23.1 Å². The molecule has 33 heavy (non-hydrogen) atoms. The third-order valence-electron chi connectivity index (χ3n) is 5.81. The number of alkyl halides is 3. The van der Waals surface area contributed by atoms with Crippen LogP contribution in [0.5, 0.6) is 0 Å². The monoisotopic (exact) mass is 493 g/mol. The number of carbonyl (C=O) groups excluding carboxylic acids is 1. The molecule has 1 aliphatic heterocycles. The highest BCUT2D eigenvalue weighted by Gasteiger charge is 2.39. The Kier molecular flexibility index (Phi) is 6.68. The molecule has 174 valence electrons. The number of halogens is 4. The maximum absolute atomic E-state index is 13.9. The van der Waals surface area contributed by atoms with Crippen LogP contribution < -0.4 is 0 Å². The van der Waals surface area contributed by atoms with Crippen LogP contribution in [0.25, 0.3) is 11.1 Å². The van der Waals surface area contributed by atoms with E-state index in [0.717, 1.165) is 23.3 Å². The van der Waals surface area contributed by atoms with Crippen LogP contribution in [0.15, 0.2) is 49.2 Å². The van der Waals surface area contributed by atoms with Gasteiger partial charge < -0.3 is 4.90 Å². The molecule has 0 bridgehead atoms. The van der Waals surface area contributed by atoms with Crippen LogP contribution in [-0.2, 0) is 24.1 Å². The molecule has 0 N–H and O–H groups in total. The lowest BCUT2D eigenvalue weighted by Crippen LogP contribution is -2.37. The number of hydrogen-bond donors (Lipinski definition) is 0. The Morgan fingerprint density at radius 3 is 2.76 bits per heavy atom. The first-order valence-corrected chi connectivity index (χ1v) is 11.9. The third-order valence-corrected chi connectivity index (χ3v) is 7.07. The first kappa shape index (κ1) is 23.6. The third kappa shape index (κ3) is 4.73. The van der Waals surface area contributed by atoms with Crippen LogP contribution in [0.2, 0.25) is 4.34 Å². The van der Waals surface area contributed by atoms with E-state index >= 15 is 0 Å². The minimum absolute atomic E-state index is 0.0456. The summed E-state index contributed by atoms with van der Waals surface area (Å²) in [6.07, 6.45) is -0.271. The summed E-state index contributed by atoms with van der Waals surface area (Å²) in [6.45, 7) is 6.70. The molecule has 1 aliphatic rings. The van der Waals surface area contributed by atoms with Crippen LogP contribution in [0, 0.1) is 0 Å². The molecular formula is C24H23ClF3N3OS. The van der Waals surface area contributed by atoms with Crippen LogP contribution in [-0.4, -0.2) is 27.1 Å². The van der Waals surface area contributed by atoms with E-state index in [2.05, 4.69) is 11.7 Å². The van der Waals surface area contributed by atoms with E-state index in [9.17, 15) is 18.0 Å². The zero-order valence-electron chi connectivity index (χ0n) is 18.0. The fourth-order valence-corrected chi connectivity index (χ4v) is 5.61. The largest absolute Gasteiger partial charge is 0.435 e. The van der Waals surface area contributed by atoms with Gasteiger partial charge in [0.05, 0.1) is 10.9 Å². The van der Waals surface area contributed by atoms with Crippen LogP contribution in [0.1, 0.15) is 47.4 Å². The molecule has 0 saturated carbocycles. The minimum Gasteiger partial charge on any atom is -0.333 e. The number of thiophene rings is 1. The number of carbonyl (C=O) groups is 1. The number of unbranched alkanes of at least 4 members (excludes halogenated alkanes) is 1. The Morgan fingerprint density at radius 2 is 2.06 bits per heavy atom. The van der Waals surface area contributed by atoms with Gasteiger partial charge in [-0.25, -0.2) is 0 Å². The molecule has 4 rings (SSSR count). The maximum atomic E-state index is 13.9. The van der Waals surface area contributed by atoms with E-state index in [-0.39, 0.29) is 17.4 Å². The molecule has 1 amide bonds. The summed E-state index contributed by atoms with van der Waals surface area (Å²) in [5.74, 6) is -0.548. The van der Waals surface area contributed by atoms with Gasteiger partial charge in [0.15, 0.2) is 5.69 Å². The number of rotatable bonds is 6. The highest BCUT2D eigenvalue weighted by molar-refractivity contribution is 7.16. The van der Waals surface area contributed by atoms with Crippen molar-refractivity contribution in [1.82, 2.24) is 14.7 Å². The number of aromatic nitrogens is 2. The highest BCUT2D eigenvalue weighted by atomic mass is 35.5. The summed E-state index contributed by atoms with van der Waals surface area (Å²) in [7, 11) is 0. The topological polar surface area (TPSA) is 38.1 Å². The van der Waals surface area contributed by atoms with Crippen molar-refractivity contribution >= 4 is 28.8 Å². The van der Waals surface area contributed by atoms with Gasteiger partial charge in [0, 0.05) is 35.6 Å². The van der Waals surface area contributed by atoms with Gasteiger partial charge in [0.25, 0.3) is 0 Å². The fraction of sp³-hybridized carbons (Fsp3) is 0.333. The summed E-state index contributed by atoms with van der Waals surface area (Å²) in [5, 5.41) is 3.88. The van der Waals surface area contributed by atoms with Gasteiger partial charge in [0.1, 0.15) is 0 Å². The molecule has 1 aromatic carbocycles. The molecule has 0 aliphatic carbocycles. The second-order valence-corrected chi connectivity index (χ2v) is 9.77. The van der Waals surface area contributed by atoms with Crippen molar-refractivity contribution in [2.24, 2.45) is 0 Å². The molecule has 0 saturated heterocycles. The molecular weight excluding hydrogens is 471 g/mol. The predicted octanol–water partition coefficient (Wildman–Crippen LogP) is 6.74. The fourth-order valence-electron chi connectivity index (χ4n) is 4.26. The van der Waals surface area contributed by atoms with E-state index in [4.69, 9.17) is 11.6 Å². The number of aryl methyl sites for hydroxylation is 1. The van der Waals surface area contributed by atoms with E-state index in [0.29, 0.717) is 35.1 Å². The van der Waals surface area contributed by atoms with E-state index < -0.39 is 11.9 Å².